The number of amides is 1. The van der Waals surface area contributed by atoms with Crippen molar-refractivity contribution in [2.45, 2.75) is 34.1 Å². The van der Waals surface area contributed by atoms with Crippen molar-refractivity contribution in [3.63, 3.8) is 0 Å². The fourth-order valence-corrected chi connectivity index (χ4v) is 2.03. The Bertz CT molecular complexity index is 236. The van der Waals surface area contributed by atoms with Gasteiger partial charge >= 0.3 is 0 Å². The van der Waals surface area contributed by atoms with Crippen molar-refractivity contribution in [2.75, 3.05) is 19.6 Å². The topological polar surface area (TPSA) is 46.3 Å². The average Bonchev–Trinajstić information content (AvgIpc) is 2.65. The molecule has 3 heteroatoms. The molecule has 0 radical (unpaired) electrons. The molecule has 1 fully saturated rings. The number of nitrogens with two attached hydrogens (primary N) is 1. The van der Waals surface area contributed by atoms with Gasteiger partial charge < -0.3 is 10.6 Å². The van der Waals surface area contributed by atoms with Crippen molar-refractivity contribution in [3.8, 4) is 0 Å². The van der Waals surface area contributed by atoms with E-state index in [0.717, 1.165) is 19.5 Å². The molecule has 88 valence electrons. The van der Waals surface area contributed by atoms with Gasteiger partial charge in [-0.3, -0.25) is 4.79 Å². The Kier molecular flexibility index (Phi) is 3.77. The van der Waals surface area contributed by atoms with E-state index >= 15 is 0 Å². The van der Waals surface area contributed by atoms with Crippen molar-refractivity contribution in [1.29, 1.82) is 0 Å². The molecule has 3 nitrogen and oxygen atoms in total. The van der Waals surface area contributed by atoms with Crippen molar-refractivity contribution in [1.82, 2.24) is 4.90 Å². The highest BCUT2D eigenvalue weighted by Gasteiger charge is 2.35. The number of carbonyl (C=O) groups is 1. The Morgan fingerprint density at radius 1 is 1.53 bits per heavy atom. The van der Waals surface area contributed by atoms with Gasteiger partial charge in [-0.2, -0.15) is 0 Å². The van der Waals surface area contributed by atoms with Crippen LogP contribution in [-0.2, 0) is 4.79 Å². The molecule has 15 heavy (non-hydrogen) atoms. The zero-order valence-electron chi connectivity index (χ0n) is 10.4. The first-order valence-electron chi connectivity index (χ1n) is 5.88. The lowest BCUT2D eigenvalue weighted by molar-refractivity contribution is -0.138. The van der Waals surface area contributed by atoms with Crippen molar-refractivity contribution in [2.24, 2.45) is 23.0 Å². The summed E-state index contributed by atoms with van der Waals surface area (Å²) in [5.74, 6) is 1.56. The SMILES string of the molecule is CC(C)C1CCN(C(=O)C(C)(C)CN)C1. The van der Waals surface area contributed by atoms with Crippen LogP contribution in [0.5, 0.6) is 0 Å². The van der Waals surface area contributed by atoms with Gasteiger partial charge in [0.25, 0.3) is 0 Å². The van der Waals surface area contributed by atoms with Crippen LogP contribution in [0, 0.1) is 17.3 Å². The second kappa shape index (κ2) is 4.52. The number of rotatable bonds is 3. The zero-order chi connectivity index (χ0) is 11.6. The summed E-state index contributed by atoms with van der Waals surface area (Å²) in [6, 6.07) is 0. The van der Waals surface area contributed by atoms with Gasteiger partial charge in [0.1, 0.15) is 0 Å². The minimum atomic E-state index is -0.397. The van der Waals surface area contributed by atoms with Crippen LogP contribution in [0.3, 0.4) is 0 Å². The molecule has 1 unspecified atom stereocenters. The maximum Gasteiger partial charge on any atom is 0.229 e. The molecule has 1 aliphatic heterocycles. The van der Waals surface area contributed by atoms with E-state index in [2.05, 4.69) is 13.8 Å². The molecule has 0 aromatic rings. The summed E-state index contributed by atoms with van der Waals surface area (Å²) in [6.45, 7) is 10.6. The standard InChI is InChI=1S/C12H24N2O/c1-9(2)10-5-6-14(7-10)11(15)12(3,4)8-13/h9-10H,5-8,13H2,1-4H3. The van der Waals surface area contributed by atoms with E-state index in [9.17, 15) is 4.79 Å². The normalized spacial score (nSPS) is 22.5. The molecular weight excluding hydrogens is 188 g/mol. The first kappa shape index (κ1) is 12.5. The van der Waals surface area contributed by atoms with Gasteiger partial charge in [0.15, 0.2) is 0 Å². The van der Waals surface area contributed by atoms with E-state index < -0.39 is 5.41 Å². The first-order chi connectivity index (χ1) is 6.88. The Morgan fingerprint density at radius 3 is 2.53 bits per heavy atom. The number of carbonyl (C=O) groups excluding carboxylic acids is 1. The first-order valence-corrected chi connectivity index (χ1v) is 5.88. The smallest absolute Gasteiger partial charge is 0.229 e. The summed E-state index contributed by atoms with van der Waals surface area (Å²) < 4.78 is 0. The van der Waals surface area contributed by atoms with Gasteiger partial charge in [-0.25, -0.2) is 0 Å². The Hall–Kier alpha value is -0.570. The van der Waals surface area contributed by atoms with E-state index in [1.807, 2.05) is 18.7 Å². The summed E-state index contributed by atoms with van der Waals surface area (Å²) in [4.78, 5) is 14.1. The van der Waals surface area contributed by atoms with Gasteiger partial charge in [-0.05, 0) is 32.1 Å². The van der Waals surface area contributed by atoms with Gasteiger partial charge in [0.2, 0.25) is 5.91 Å². The van der Waals surface area contributed by atoms with E-state index in [0.29, 0.717) is 18.4 Å². The van der Waals surface area contributed by atoms with Gasteiger partial charge in [0.05, 0.1) is 5.41 Å². The molecule has 2 N–H and O–H groups in total. The fraction of sp³-hybridized carbons (Fsp3) is 0.917. The molecular formula is C12H24N2O. The van der Waals surface area contributed by atoms with Crippen LogP contribution in [0.2, 0.25) is 0 Å². The third kappa shape index (κ3) is 2.71. The van der Waals surface area contributed by atoms with Crippen LogP contribution in [0.25, 0.3) is 0 Å². The molecule has 1 atom stereocenters. The maximum atomic E-state index is 12.1. The number of hydrogen-bond donors (Lipinski definition) is 1. The van der Waals surface area contributed by atoms with E-state index in [-0.39, 0.29) is 5.91 Å². The summed E-state index contributed by atoms with van der Waals surface area (Å²) in [5.41, 5.74) is 5.22. The molecule has 0 aliphatic carbocycles. The van der Waals surface area contributed by atoms with E-state index in [1.165, 1.54) is 0 Å². The number of likely N-dealkylation sites (tertiary alicyclic amines) is 1. The lowest BCUT2D eigenvalue weighted by Gasteiger charge is -2.28. The van der Waals surface area contributed by atoms with Gasteiger partial charge in [-0.15, -0.1) is 0 Å². The monoisotopic (exact) mass is 212 g/mol. The summed E-state index contributed by atoms with van der Waals surface area (Å²) in [6.07, 6.45) is 1.14. The average molecular weight is 212 g/mol. The minimum absolute atomic E-state index is 0.216. The highest BCUT2D eigenvalue weighted by atomic mass is 16.2. The molecule has 0 aromatic heterocycles. The van der Waals surface area contributed by atoms with E-state index in [1.54, 1.807) is 0 Å². The van der Waals surface area contributed by atoms with Gasteiger partial charge in [0, 0.05) is 19.6 Å². The quantitative estimate of drug-likeness (QED) is 0.770. The van der Waals surface area contributed by atoms with E-state index in [4.69, 9.17) is 5.73 Å². The predicted molar refractivity (Wildman–Crippen MR) is 62.4 cm³/mol. The largest absolute Gasteiger partial charge is 0.342 e. The Balaban J connectivity index is 2.58. The van der Waals surface area contributed by atoms with Crippen LogP contribution >= 0.6 is 0 Å². The molecule has 0 bridgehead atoms. The van der Waals surface area contributed by atoms with Crippen molar-refractivity contribution < 1.29 is 4.79 Å². The zero-order valence-corrected chi connectivity index (χ0v) is 10.4. The fourth-order valence-electron chi connectivity index (χ4n) is 2.03. The van der Waals surface area contributed by atoms with Gasteiger partial charge in [-0.1, -0.05) is 13.8 Å². The summed E-state index contributed by atoms with van der Waals surface area (Å²) in [7, 11) is 0. The van der Waals surface area contributed by atoms with Crippen LogP contribution in [0.15, 0.2) is 0 Å². The van der Waals surface area contributed by atoms with Crippen LogP contribution in [0.4, 0.5) is 0 Å². The second-order valence-corrected chi connectivity index (χ2v) is 5.63. The van der Waals surface area contributed by atoms with Crippen molar-refractivity contribution >= 4 is 5.91 Å². The molecule has 1 saturated heterocycles. The summed E-state index contributed by atoms with van der Waals surface area (Å²) in [5, 5.41) is 0. The molecule has 0 aromatic carbocycles. The Morgan fingerprint density at radius 2 is 2.13 bits per heavy atom. The van der Waals surface area contributed by atoms with Crippen LogP contribution < -0.4 is 5.73 Å². The predicted octanol–water partition coefficient (Wildman–Crippen LogP) is 1.48. The molecule has 0 spiro atoms. The second-order valence-electron chi connectivity index (χ2n) is 5.63. The lowest BCUT2D eigenvalue weighted by atomic mass is 9.91. The molecule has 0 saturated carbocycles. The third-order valence-electron chi connectivity index (χ3n) is 3.54. The molecule has 1 aliphatic rings. The highest BCUT2D eigenvalue weighted by Crippen LogP contribution is 2.27. The molecule has 1 rings (SSSR count). The van der Waals surface area contributed by atoms with Crippen LogP contribution in [-0.4, -0.2) is 30.4 Å². The molecule has 1 heterocycles. The highest BCUT2D eigenvalue weighted by molar-refractivity contribution is 5.82. The van der Waals surface area contributed by atoms with Crippen LogP contribution in [0.1, 0.15) is 34.1 Å². The molecule has 1 amide bonds. The third-order valence-corrected chi connectivity index (χ3v) is 3.54. The maximum absolute atomic E-state index is 12.1. The Labute approximate surface area is 93.0 Å². The summed E-state index contributed by atoms with van der Waals surface area (Å²) >= 11 is 0. The number of hydrogen-bond acceptors (Lipinski definition) is 2. The number of nitrogens with zero attached hydrogens (tertiary/aromatic N) is 1. The van der Waals surface area contributed by atoms with Crippen molar-refractivity contribution in [3.05, 3.63) is 0 Å². The minimum Gasteiger partial charge on any atom is -0.342 e. The lowest BCUT2D eigenvalue weighted by Crippen LogP contribution is -2.43.